The van der Waals surface area contributed by atoms with Gasteiger partial charge in [-0.1, -0.05) is 57.9 Å². The van der Waals surface area contributed by atoms with Crippen molar-refractivity contribution in [3.05, 3.63) is 69.2 Å². The molecule has 2 rings (SSSR count). The number of benzene rings is 2. The topological polar surface area (TPSA) is 55.4 Å². The van der Waals surface area contributed by atoms with Crippen molar-refractivity contribution < 1.29 is 14.3 Å². The average molecular weight is 411 g/mol. The van der Waals surface area contributed by atoms with Gasteiger partial charge in [0.1, 0.15) is 0 Å². The van der Waals surface area contributed by atoms with Crippen molar-refractivity contribution in [3.8, 4) is 0 Å². The lowest BCUT2D eigenvalue weighted by atomic mass is 10.1. The Morgan fingerprint density at radius 1 is 1.17 bits per heavy atom. The van der Waals surface area contributed by atoms with Crippen molar-refractivity contribution in [1.29, 1.82) is 0 Å². The molecule has 6 heteroatoms. The summed E-state index contributed by atoms with van der Waals surface area (Å²) in [6.07, 6.45) is 0.0369. The van der Waals surface area contributed by atoms with Crippen LogP contribution in [0.5, 0.6) is 0 Å². The molecule has 1 amide bonds. The number of amides is 1. The van der Waals surface area contributed by atoms with Gasteiger partial charge in [-0.25, -0.2) is 0 Å². The Bertz CT molecular complexity index is 718. The Balaban J connectivity index is 1.79. The van der Waals surface area contributed by atoms with Crippen LogP contribution in [0.3, 0.4) is 0 Å². The van der Waals surface area contributed by atoms with Crippen LogP contribution >= 0.6 is 27.5 Å². The highest BCUT2D eigenvalue weighted by atomic mass is 79.9. The normalized spacial score (nSPS) is 11.6. The second kappa shape index (κ2) is 8.85. The molecule has 24 heavy (non-hydrogen) atoms. The van der Waals surface area contributed by atoms with Crippen molar-refractivity contribution in [2.45, 2.75) is 19.4 Å². The molecule has 0 heterocycles. The standard InChI is InChI=1S/C18H17BrClNO3/c1-12(13-6-8-15(19)9-7-13)21-17(22)11-24-18(23)10-14-4-2-3-5-16(14)20/h2-9,12H,10-11H2,1H3,(H,21,22)/t12-/m1/s1. The van der Waals surface area contributed by atoms with E-state index < -0.39 is 5.97 Å². The Morgan fingerprint density at radius 2 is 1.83 bits per heavy atom. The van der Waals surface area contributed by atoms with Gasteiger partial charge in [0, 0.05) is 9.50 Å². The summed E-state index contributed by atoms with van der Waals surface area (Å²) in [6, 6.07) is 14.5. The highest BCUT2D eigenvalue weighted by Gasteiger charge is 2.13. The molecule has 0 aromatic heterocycles. The fourth-order valence-corrected chi connectivity index (χ4v) is 2.58. The number of rotatable bonds is 6. The monoisotopic (exact) mass is 409 g/mol. The van der Waals surface area contributed by atoms with Gasteiger partial charge in [0.25, 0.3) is 5.91 Å². The summed E-state index contributed by atoms with van der Waals surface area (Å²) in [5.74, 6) is -0.840. The Hall–Kier alpha value is -1.85. The number of ether oxygens (including phenoxy) is 1. The summed E-state index contributed by atoms with van der Waals surface area (Å²) < 4.78 is 5.97. The predicted octanol–water partition coefficient (Wildman–Crippen LogP) is 4.07. The van der Waals surface area contributed by atoms with Gasteiger partial charge in [0.15, 0.2) is 6.61 Å². The third kappa shape index (κ3) is 5.65. The van der Waals surface area contributed by atoms with Crippen molar-refractivity contribution in [2.24, 2.45) is 0 Å². The number of carbonyl (C=O) groups excluding carboxylic acids is 2. The van der Waals surface area contributed by atoms with E-state index in [0.29, 0.717) is 10.6 Å². The molecule has 0 bridgehead atoms. The smallest absolute Gasteiger partial charge is 0.310 e. The van der Waals surface area contributed by atoms with Crippen molar-refractivity contribution >= 4 is 39.4 Å². The molecule has 0 unspecified atom stereocenters. The Morgan fingerprint density at radius 3 is 2.50 bits per heavy atom. The van der Waals surface area contributed by atoms with Gasteiger partial charge in [-0.2, -0.15) is 0 Å². The Labute approximate surface area is 154 Å². The van der Waals surface area contributed by atoms with Crippen LogP contribution in [0.4, 0.5) is 0 Å². The van der Waals surface area contributed by atoms with Gasteiger partial charge in [-0.05, 0) is 36.2 Å². The minimum absolute atomic E-state index is 0.0369. The SMILES string of the molecule is C[C@@H](NC(=O)COC(=O)Cc1ccccc1Cl)c1ccc(Br)cc1. The molecular weight excluding hydrogens is 394 g/mol. The van der Waals surface area contributed by atoms with Crippen molar-refractivity contribution in [1.82, 2.24) is 5.32 Å². The zero-order chi connectivity index (χ0) is 17.5. The third-order valence-electron chi connectivity index (χ3n) is 3.40. The first-order valence-corrected chi connectivity index (χ1v) is 8.56. The van der Waals surface area contributed by atoms with Crippen LogP contribution in [0.1, 0.15) is 24.1 Å². The molecule has 126 valence electrons. The molecule has 1 N–H and O–H groups in total. The van der Waals surface area contributed by atoms with Crippen LogP contribution in [-0.2, 0) is 20.7 Å². The minimum Gasteiger partial charge on any atom is -0.455 e. The maximum Gasteiger partial charge on any atom is 0.310 e. The van der Waals surface area contributed by atoms with Crippen LogP contribution in [-0.4, -0.2) is 18.5 Å². The maximum atomic E-state index is 11.9. The van der Waals surface area contributed by atoms with Gasteiger partial charge < -0.3 is 10.1 Å². The van der Waals surface area contributed by atoms with Crippen LogP contribution in [0.25, 0.3) is 0 Å². The quantitative estimate of drug-likeness (QED) is 0.731. The molecule has 1 atom stereocenters. The first kappa shape index (κ1) is 18.5. The first-order valence-electron chi connectivity index (χ1n) is 7.39. The molecule has 0 spiro atoms. The number of esters is 1. The van der Waals surface area contributed by atoms with Gasteiger partial charge in [-0.3, -0.25) is 9.59 Å². The number of halogens is 2. The number of hydrogen-bond donors (Lipinski definition) is 1. The fourth-order valence-electron chi connectivity index (χ4n) is 2.11. The molecule has 0 saturated heterocycles. The molecule has 2 aromatic carbocycles. The lowest BCUT2D eigenvalue weighted by Crippen LogP contribution is -2.31. The lowest BCUT2D eigenvalue weighted by Gasteiger charge is -2.14. The maximum absolute atomic E-state index is 11.9. The average Bonchev–Trinajstić information content (AvgIpc) is 2.55. The van der Waals surface area contributed by atoms with Crippen LogP contribution < -0.4 is 5.32 Å². The van der Waals surface area contributed by atoms with E-state index in [1.807, 2.05) is 31.2 Å². The van der Waals surface area contributed by atoms with E-state index in [1.165, 1.54) is 0 Å². The number of hydrogen-bond acceptors (Lipinski definition) is 3. The largest absolute Gasteiger partial charge is 0.455 e. The molecule has 0 saturated carbocycles. The van der Waals surface area contributed by atoms with E-state index in [2.05, 4.69) is 21.2 Å². The zero-order valence-electron chi connectivity index (χ0n) is 13.1. The van der Waals surface area contributed by atoms with Crippen LogP contribution in [0.15, 0.2) is 53.0 Å². The highest BCUT2D eigenvalue weighted by Crippen LogP contribution is 2.17. The predicted molar refractivity (Wildman–Crippen MR) is 96.8 cm³/mol. The third-order valence-corrected chi connectivity index (χ3v) is 4.30. The van der Waals surface area contributed by atoms with E-state index >= 15 is 0 Å². The second-order valence-electron chi connectivity index (χ2n) is 5.27. The molecular formula is C18H17BrClNO3. The van der Waals surface area contributed by atoms with Crippen molar-refractivity contribution in [2.75, 3.05) is 6.61 Å². The summed E-state index contributed by atoms with van der Waals surface area (Å²) in [4.78, 5) is 23.7. The van der Waals surface area contributed by atoms with Gasteiger partial charge in [0.2, 0.25) is 0 Å². The van der Waals surface area contributed by atoms with E-state index in [4.69, 9.17) is 16.3 Å². The van der Waals surface area contributed by atoms with Gasteiger partial charge >= 0.3 is 5.97 Å². The molecule has 0 radical (unpaired) electrons. The summed E-state index contributed by atoms with van der Waals surface area (Å²) in [5, 5.41) is 3.29. The van der Waals surface area contributed by atoms with E-state index in [9.17, 15) is 9.59 Å². The molecule has 0 aliphatic rings. The fraction of sp³-hybridized carbons (Fsp3) is 0.222. The summed E-state index contributed by atoms with van der Waals surface area (Å²) in [5.41, 5.74) is 1.64. The van der Waals surface area contributed by atoms with Crippen LogP contribution in [0.2, 0.25) is 5.02 Å². The number of nitrogens with one attached hydrogen (secondary N) is 1. The summed E-state index contributed by atoms with van der Waals surface area (Å²) in [6.45, 7) is 1.55. The molecule has 0 aliphatic heterocycles. The molecule has 0 fully saturated rings. The molecule has 4 nitrogen and oxygen atoms in total. The highest BCUT2D eigenvalue weighted by molar-refractivity contribution is 9.10. The van der Waals surface area contributed by atoms with Crippen LogP contribution in [0, 0.1) is 0 Å². The second-order valence-corrected chi connectivity index (χ2v) is 6.59. The first-order chi connectivity index (χ1) is 11.5. The molecule has 2 aromatic rings. The lowest BCUT2D eigenvalue weighted by molar-refractivity contribution is -0.148. The van der Waals surface area contributed by atoms with E-state index in [-0.39, 0.29) is 25.0 Å². The summed E-state index contributed by atoms with van der Waals surface area (Å²) >= 11 is 9.35. The van der Waals surface area contributed by atoms with E-state index in [0.717, 1.165) is 10.0 Å². The van der Waals surface area contributed by atoms with Gasteiger partial charge in [0.05, 0.1) is 12.5 Å². The van der Waals surface area contributed by atoms with E-state index in [1.54, 1.807) is 24.3 Å². The summed E-state index contributed by atoms with van der Waals surface area (Å²) in [7, 11) is 0. The number of carbonyl (C=O) groups is 2. The van der Waals surface area contributed by atoms with Gasteiger partial charge in [-0.15, -0.1) is 0 Å². The Kier molecular flexibility index (Phi) is 6.82. The molecule has 0 aliphatic carbocycles. The minimum atomic E-state index is -0.491. The van der Waals surface area contributed by atoms with Crippen molar-refractivity contribution in [3.63, 3.8) is 0 Å². The zero-order valence-corrected chi connectivity index (χ0v) is 15.4.